The van der Waals surface area contributed by atoms with Gasteiger partial charge in [-0.15, -0.1) is 0 Å². The van der Waals surface area contributed by atoms with Crippen LogP contribution in [0.15, 0.2) is 35.3 Å². The van der Waals surface area contributed by atoms with E-state index < -0.39 is 22.0 Å². The smallest absolute Gasteiger partial charge is 0.264 e. The third kappa shape index (κ3) is 4.57. The fourth-order valence-electron chi connectivity index (χ4n) is 2.48. The van der Waals surface area contributed by atoms with Crippen molar-refractivity contribution in [3.63, 3.8) is 0 Å². The van der Waals surface area contributed by atoms with Gasteiger partial charge in [0.25, 0.3) is 10.1 Å². The predicted octanol–water partition coefficient (Wildman–Crippen LogP) is 1.94. The van der Waals surface area contributed by atoms with Crippen molar-refractivity contribution >= 4 is 37.6 Å². The summed E-state index contributed by atoms with van der Waals surface area (Å²) >= 11 is 9.48. The second-order valence-electron chi connectivity index (χ2n) is 5.51. The molecule has 1 aromatic heterocycles. The molecule has 1 aliphatic rings. The zero-order valence-electron chi connectivity index (χ0n) is 13.1. The molecule has 0 spiro atoms. The quantitative estimate of drug-likeness (QED) is 0.618. The molecule has 2 atom stereocenters. The largest absolute Gasteiger partial charge is 0.342 e. The predicted molar refractivity (Wildman–Crippen MR) is 92.5 cm³/mol. The lowest BCUT2D eigenvalue weighted by Gasteiger charge is -2.29. The second-order valence-corrected chi connectivity index (χ2v) is 8.44. The first-order valence-electron chi connectivity index (χ1n) is 7.21. The molecule has 25 heavy (non-hydrogen) atoms. The Morgan fingerprint density at radius 3 is 2.96 bits per heavy atom. The van der Waals surface area contributed by atoms with Gasteiger partial charge in [-0.05, 0) is 12.1 Å². The number of hydrogen-bond acceptors (Lipinski definition) is 7. The van der Waals surface area contributed by atoms with Crippen molar-refractivity contribution in [3.05, 3.63) is 45.9 Å². The molecule has 0 unspecified atom stereocenters. The van der Waals surface area contributed by atoms with Crippen LogP contribution in [0.1, 0.15) is 5.56 Å². The Kier molecular flexibility index (Phi) is 5.47. The molecular weight excluding hydrogens is 438 g/mol. The highest BCUT2D eigenvalue weighted by Gasteiger charge is 2.45. The molecule has 11 heteroatoms. The van der Waals surface area contributed by atoms with Crippen LogP contribution < -0.4 is 0 Å². The van der Waals surface area contributed by atoms with E-state index >= 15 is 0 Å². The monoisotopic (exact) mass is 451 g/mol. The van der Waals surface area contributed by atoms with Gasteiger partial charge in [-0.3, -0.25) is 4.18 Å². The number of aromatic nitrogens is 3. The van der Waals surface area contributed by atoms with Crippen LogP contribution in [-0.2, 0) is 36.1 Å². The third-order valence-electron chi connectivity index (χ3n) is 3.51. The molecule has 0 aliphatic carbocycles. The summed E-state index contributed by atoms with van der Waals surface area (Å²) < 4.78 is 41.5. The Balaban J connectivity index is 1.88. The highest BCUT2D eigenvalue weighted by Crippen LogP contribution is 2.40. The molecule has 0 bridgehead atoms. The van der Waals surface area contributed by atoms with Gasteiger partial charge in [-0.1, -0.05) is 33.6 Å². The van der Waals surface area contributed by atoms with E-state index in [4.69, 9.17) is 25.3 Å². The first kappa shape index (κ1) is 18.7. The fraction of sp³-hybridized carbons (Fsp3) is 0.429. The molecule has 0 N–H and O–H groups in total. The first-order valence-corrected chi connectivity index (χ1v) is 10.2. The number of halogens is 2. The lowest BCUT2D eigenvalue weighted by molar-refractivity contribution is -0.191. The van der Waals surface area contributed by atoms with E-state index in [1.165, 1.54) is 6.33 Å². The lowest BCUT2D eigenvalue weighted by atomic mass is 10.1. The minimum Gasteiger partial charge on any atom is -0.342 e. The normalized spacial score (nSPS) is 23.9. The maximum Gasteiger partial charge on any atom is 0.264 e. The van der Waals surface area contributed by atoms with Gasteiger partial charge in [0.05, 0.1) is 19.5 Å². The lowest BCUT2D eigenvalue weighted by Crippen LogP contribution is -2.35. The maximum absolute atomic E-state index is 11.2. The summed E-state index contributed by atoms with van der Waals surface area (Å²) in [5.41, 5.74) is 0.703. The van der Waals surface area contributed by atoms with Crippen LogP contribution in [0.5, 0.6) is 0 Å². The number of benzene rings is 1. The first-order chi connectivity index (χ1) is 11.8. The Morgan fingerprint density at radius 2 is 2.32 bits per heavy atom. The molecule has 1 aromatic carbocycles. The molecule has 136 valence electrons. The van der Waals surface area contributed by atoms with Crippen molar-refractivity contribution in [2.45, 2.75) is 18.4 Å². The van der Waals surface area contributed by atoms with E-state index in [1.54, 1.807) is 29.2 Å². The summed E-state index contributed by atoms with van der Waals surface area (Å²) in [5.74, 6) is -1.18. The van der Waals surface area contributed by atoms with Crippen LogP contribution in [0.4, 0.5) is 0 Å². The molecule has 1 saturated heterocycles. The van der Waals surface area contributed by atoms with Crippen molar-refractivity contribution in [1.82, 2.24) is 14.8 Å². The summed E-state index contributed by atoms with van der Waals surface area (Å²) in [6.07, 6.45) is 3.38. The summed E-state index contributed by atoms with van der Waals surface area (Å²) in [4.78, 5) is 3.92. The van der Waals surface area contributed by atoms with Crippen molar-refractivity contribution in [2.24, 2.45) is 0 Å². The van der Waals surface area contributed by atoms with Gasteiger partial charge in [-0.2, -0.15) is 13.5 Å². The Bertz CT molecular complexity index is 848. The van der Waals surface area contributed by atoms with Crippen LogP contribution >= 0.6 is 27.5 Å². The third-order valence-corrected chi connectivity index (χ3v) is 4.96. The fourth-order valence-corrected chi connectivity index (χ4v) is 3.87. The summed E-state index contributed by atoms with van der Waals surface area (Å²) in [6, 6.07) is 5.23. The molecule has 1 fully saturated rings. The van der Waals surface area contributed by atoms with Gasteiger partial charge in [0.2, 0.25) is 5.79 Å². The van der Waals surface area contributed by atoms with Gasteiger partial charge in [0.1, 0.15) is 25.3 Å². The molecule has 3 rings (SSSR count). The van der Waals surface area contributed by atoms with Gasteiger partial charge in [0.15, 0.2) is 0 Å². The summed E-state index contributed by atoms with van der Waals surface area (Å²) in [5, 5.41) is 4.64. The van der Waals surface area contributed by atoms with Crippen LogP contribution in [-0.4, -0.2) is 48.8 Å². The molecule has 2 heterocycles. The zero-order chi connectivity index (χ0) is 18.1. The van der Waals surface area contributed by atoms with E-state index in [1.807, 2.05) is 0 Å². The van der Waals surface area contributed by atoms with E-state index in [9.17, 15) is 8.42 Å². The van der Waals surface area contributed by atoms with Crippen LogP contribution in [0, 0.1) is 0 Å². The van der Waals surface area contributed by atoms with E-state index in [0.29, 0.717) is 15.1 Å². The van der Waals surface area contributed by atoms with Crippen molar-refractivity contribution < 1.29 is 22.1 Å². The number of nitrogens with zero attached hydrogens (tertiary/aromatic N) is 3. The highest BCUT2D eigenvalue weighted by molar-refractivity contribution is 9.10. The second kappa shape index (κ2) is 7.29. The van der Waals surface area contributed by atoms with Crippen molar-refractivity contribution in [2.75, 3.05) is 19.5 Å². The van der Waals surface area contributed by atoms with Gasteiger partial charge >= 0.3 is 0 Å². The number of ether oxygens (including phenoxy) is 2. The maximum atomic E-state index is 11.2. The van der Waals surface area contributed by atoms with Crippen LogP contribution in [0.2, 0.25) is 5.02 Å². The topological polar surface area (TPSA) is 92.5 Å². The average molecular weight is 453 g/mol. The molecule has 0 amide bonds. The Morgan fingerprint density at radius 1 is 1.52 bits per heavy atom. The van der Waals surface area contributed by atoms with Gasteiger partial charge in [0, 0.05) is 15.1 Å². The van der Waals surface area contributed by atoms with E-state index in [2.05, 4.69) is 26.0 Å². The minimum atomic E-state index is -3.57. The Labute approximate surface area is 158 Å². The standard InChI is InChI=1S/C14H15BrClN3O5S/c1-25(20,21)23-6-11-5-22-14(24-11,7-19-9-17-8-18-19)12-3-2-10(16)4-13(12)15/h2-4,8-9,11H,5-7H2,1H3/t11-,14+/m0/s1. The average Bonchev–Trinajstić information content (AvgIpc) is 3.15. The minimum absolute atomic E-state index is 0.136. The van der Waals surface area contributed by atoms with Crippen LogP contribution in [0.25, 0.3) is 0 Å². The van der Waals surface area contributed by atoms with Gasteiger partial charge < -0.3 is 9.47 Å². The highest BCUT2D eigenvalue weighted by atomic mass is 79.9. The number of hydrogen-bond donors (Lipinski definition) is 0. The Hall–Kier alpha value is -1.04. The summed E-state index contributed by atoms with van der Waals surface area (Å²) in [7, 11) is -3.57. The number of rotatable bonds is 6. The molecule has 0 saturated carbocycles. The van der Waals surface area contributed by atoms with E-state index in [-0.39, 0.29) is 19.8 Å². The van der Waals surface area contributed by atoms with Gasteiger partial charge in [-0.25, -0.2) is 9.67 Å². The molecule has 2 aromatic rings. The van der Waals surface area contributed by atoms with Crippen molar-refractivity contribution in [1.29, 1.82) is 0 Å². The zero-order valence-corrected chi connectivity index (χ0v) is 16.3. The molecular formula is C14H15BrClN3O5S. The van der Waals surface area contributed by atoms with E-state index in [0.717, 1.165) is 6.26 Å². The van der Waals surface area contributed by atoms with Crippen LogP contribution in [0.3, 0.4) is 0 Å². The summed E-state index contributed by atoms with van der Waals surface area (Å²) in [6.45, 7) is 0.255. The molecule has 1 aliphatic heterocycles. The SMILES string of the molecule is CS(=O)(=O)OC[C@@H]1CO[C@@](Cn2cncn2)(c2ccc(Cl)cc2Br)O1. The molecule has 8 nitrogen and oxygen atoms in total. The van der Waals surface area contributed by atoms with Crippen molar-refractivity contribution in [3.8, 4) is 0 Å². The molecule has 0 radical (unpaired) electrons.